The van der Waals surface area contributed by atoms with Crippen molar-refractivity contribution in [3.05, 3.63) is 51.6 Å². The Balaban J connectivity index is 2.45. The highest BCUT2D eigenvalue weighted by Crippen LogP contribution is 2.36. The minimum atomic E-state index is -0.489. The average molecular weight is 313 g/mol. The van der Waals surface area contributed by atoms with Crippen molar-refractivity contribution >= 4 is 22.7 Å². The van der Waals surface area contributed by atoms with Crippen molar-refractivity contribution in [1.29, 1.82) is 5.53 Å². The molecule has 0 atom stereocenters. The van der Waals surface area contributed by atoms with E-state index in [1.165, 1.54) is 13.2 Å². The van der Waals surface area contributed by atoms with E-state index in [0.29, 0.717) is 17.1 Å². The van der Waals surface area contributed by atoms with Gasteiger partial charge in [-0.3, -0.25) is 10.1 Å². The van der Waals surface area contributed by atoms with Crippen LogP contribution >= 0.6 is 0 Å². The smallest absolute Gasteiger partial charge is 0.296 e. The van der Waals surface area contributed by atoms with Crippen molar-refractivity contribution < 1.29 is 9.66 Å². The van der Waals surface area contributed by atoms with Gasteiger partial charge in [0.15, 0.2) is 5.69 Å². The number of aryl methyl sites for hydroxylation is 2. The summed E-state index contributed by atoms with van der Waals surface area (Å²) in [7, 11) is 1.46. The maximum absolute atomic E-state index is 11.1. The zero-order chi connectivity index (χ0) is 17.0. The Bertz CT molecular complexity index is 802. The van der Waals surface area contributed by atoms with Gasteiger partial charge in [-0.2, -0.15) is 5.11 Å². The highest BCUT2D eigenvalue weighted by molar-refractivity contribution is 5.63. The third-order valence-corrected chi connectivity index (χ3v) is 3.21. The molecule has 23 heavy (non-hydrogen) atoms. The fraction of sp³-hybridized carbons (Fsp3) is 0.200. The average Bonchev–Trinajstić information content (AvgIpc) is 2.54. The van der Waals surface area contributed by atoms with Gasteiger partial charge >= 0.3 is 0 Å². The molecule has 0 bridgehead atoms. The van der Waals surface area contributed by atoms with Gasteiger partial charge in [0.05, 0.1) is 17.7 Å². The largest absolute Gasteiger partial charge is 0.494 e. The maximum Gasteiger partial charge on any atom is 0.296 e. The lowest BCUT2D eigenvalue weighted by molar-refractivity contribution is -0.384. The van der Waals surface area contributed by atoms with Crippen LogP contribution in [0.5, 0.6) is 5.75 Å². The van der Waals surface area contributed by atoms with Gasteiger partial charge in [-0.05, 0) is 37.1 Å². The fourth-order valence-electron chi connectivity index (χ4n) is 1.99. The molecule has 0 aliphatic carbocycles. The van der Waals surface area contributed by atoms with Crippen LogP contribution in [0.25, 0.3) is 0 Å². The second-order valence-corrected chi connectivity index (χ2v) is 4.87. The Morgan fingerprint density at radius 2 is 1.78 bits per heavy atom. The zero-order valence-corrected chi connectivity index (χ0v) is 12.9. The molecule has 1 N–H and O–H groups in total. The maximum atomic E-state index is 11.1. The number of nitro benzene ring substituents is 1. The number of ether oxygens (including phenoxy) is 1. The zero-order valence-electron chi connectivity index (χ0n) is 12.9. The number of nitrogens with one attached hydrogen (secondary N) is 1. The summed E-state index contributed by atoms with van der Waals surface area (Å²) in [6.07, 6.45) is 0. The van der Waals surface area contributed by atoms with Crippen LogP contribution in [0.3, 0.4) is 0 Å². The molecule has 8 nitrogen and oxygen atoms in total. The first-order chi connectivity index (χ1) is 11.0. The fourth-order valence-corrected chi connectivity index (χ4v) is 1.99. The van der Waals surface area contributed by atoms with E-state index in [1.807, 2.05) is 0 Å². The van der Waals surface area contributed by atoms with Crippen LogP contribution in [-0.2, 0) is 0 Å². The normalized spacial score (nSPS) is 10.7. The van der Waals surface area contributed by atoms with Crippen LogP contribution in [-0.4, -0.2) is 12.0 Å². The number of hydrogen-bond acceptors (Lipinski definition) is 7. The molecule has 2 aromatic carbocycles. The van der Waals surface area contributed by atoms with Crippen LogP contribution in [0.2, 0.25) is 0 Å². The molecule has 0 aromatic heterocycles. The third-order valence-electron chi connectivity index (χ3n) is 3.21. The summed E-state index contributed by atoms with van der Waals surface area (Å²) in [5.41, 5.74) is 9.55. The molecule has 0 aliphatic rings. The number of methoxy groups -OCH3 is 1. The molecule has 0 amide bonds. The summed E-state index contributed by atoms with van der Waals surface area (Å²) in [5.74, 6) is 0.387. The van der Waals surface area contributed by atoms with E-state index in [2.05, 4.69) is 15.3 Å². The summed E-state index contributed by atoms with van der Waals surface area (Å²) in [4.78, 5) is 10.6. The Morgan fingerprint density at radius 3 is 2.39 bits per heavy atom. The van der Waals surface area contributed by atoms with Gasteiger partial charge in [0.2, 0.25) is 0 Å². The van der Waals surface area contributed by atoms with Gasteiger partial charge in [0, 0.05) is 12.1 Å². The van der Waals surface area contributed by atoms with Crippen molar-refractivity contribution in [1.82, 2.24) is 0 Å². The van der Waals surface area contributed by atoms with Crippen molar-refractivity contribution in [2.75, 3.05) is 7.11 Å². The van der Waals surface area contributed by atoms with E-state index in [0.717, 1.165) is 11.1 Å². The lowest BCUT2D eigenvalue weighted by Crippen LogP contribution is -1.89. The van der Waals surface area contributed by atoms with Gasteiger partial charge in [-0.25, -0.2) is 5.53 Å². The Kier molecular flexibility index (Phi) is 4.75. The summed E-state index contributed by atoms with van der Waals surface area (Å²) in [5, 5.41) is 22.5. The van der Waals surface area contributed by atoms with Crippen LogP contribution < -0.4 is 4.74 Å². The molecule has 0 heterocycles. The molecule has 0 unspecified atom stereocenters. The standard InChI is InChI=1S/C15H15N5O3/c1-9-4-5-11(14(6-9)20(21)22)18-19-12-8-15(23-3)13(17-16)7-10(12)2/h4-8,16H,1-3H3. The van der Waals surface area contributed by atoms with E-state index in [1.54, 1.807) is 38.1 Å². The first-order valence-electron chi connectivity index (χ1n) is 6.69. The minimum Gasteiger partial charge on any atom is -0.494 e. The molecule has 0 spiro atoms. The number of nitro groups is 1. The molecular weight excluding hydrogens is 298 g/mol. The van der Waals surface area contributed by atoms with Crippen molar-refractivity contribution in [2.24, 2.45) is 15.3 Å². The first-order valence-corrected chi connectivity index (χ1v) is 6.69. The Hall–Kier alpha value is -3.16. The molecule has 0 radical (unpaired) electrons. The van der Waals surface area contributed by atoms with Gasteiger partial charge in [-0.1, -0.05) is 6.07 Å². The van der Waals surface area contributed by atoms with E-state index in [9.17, 15) is 10.1 Å². The summed E-state index contributed by atoms with van der Waals surface area (Å²) < 4.78 is 5.14. The number of nitrogens with zero attached hydrogens (tertiary/aromatic N) is 4. The molecule has 0 aliphatic heterocycles. The Morgan fingerprint density at radius 1 is 1.09 bits per heavy atom. The molecule has 118 valence electrons. The van der Waals surface area contributed by atoms with E-state index in [4.69, 9.17) is 10.3 Å². The Labute approximate surface area is 132 Å². The molecular formula is C15H15N5O3. The molecule has 0 saturated heterocycles. The van der Waals surface area contributed by atoms with Crippen molar-refractivity contribution in [3.8, 4) is 5.75 Å². The molecule has 0 fully saturated rings. The van der Waals surface area contributed by atoms with E-state index < -0.39 is 4.92 Å². The summed E-state index contributed by atoms with van der Waals surface area (Å²) in [6, 6.07) is 7.97. The SMILES string of the molecule is COc1cc(N=Nc2ccc(C)cc2[N+](=O)[O-])c(C)cc1N=N. The van der Waals surface area contributed by atoms with Crippen LogP contribution in [0.15, 0.2) is 45.7 Å². The van der Waals surface area contributed by atoms with Crippen molar-refractivity contribution in [2.45, 2.75) is 13.8 Å². The lowest BCUT2D eigenvalue weighted by atomic mass is 10.1. The molecule has 2 aromatic rings. The van der Waals surface area contributed by atoms with Crippen LogP contribution in [0, 0.1) is 29.5 Å². The topological polar surface area (TPSA) is 113 Å². The summed E-state index contributed by atoms with van der Waals surface area (Å²) >= 11 is 0. The number of hydrogen-bond donors (Lipinski definition) is 1. The highest BCUT2D eigenvalue weighted by Gasteiger charge is 2.14. The van der Waals surface area contributed by atoms with Gasteiger partial charge in [-0.15, -0.1) is 10.2 Å². The third kappa shape index (κ3) is 3.54. The van der Waals surface area contributed by atoms with Gasteiger partial charge in [0.25, 0.3) is 5.69 Å². The number of azo groups is 1. The van der Waals surface area contributed by atoms with Gasteiger partial charge < -0.3 is 4.74 Å². The number of rotatable bonds is 5. The molecule has 8 heteroatoms. The van der Waals surface area contributed by atoms with E-state index >= 15 is 0 Å². The second-order valence-electron chi connectivity index (χ2n) is 4.87. The van der Waals surface area contributed by atoms with Crippen molar-refractivity contribution in [3.63, 3.8) is 0 Å². The minimum absolute atomic E-state index is 0.101. The first kappa shape index (κ1) is 16.2. The quantitative estimate of drug-likeness (QED) is 0.459. The summed E-state index contributed by atoms with van der Waals surface area (Å²) in [6.45, 7) is 3.55. The lowest BCUT2D eigenvalue weighted by Gasteiger charge is -2.06. The highest BCUT2D eigenvalue weighted by atomic mass is 16.6. The van der Waals surface area contributed by atoms with Gasteiger partial charge in [0.1, 0.15) is 11.4 Å². The second kappa shape index (κ2) is 6.73. The molecule has 0 saturated carbocycles. The van der Waals surface area contributed by atoms with Crippen LogP contribution in [0.1, 0.15) is 11.1 Å². The monoisotopic (exact) mass is 313 g/mol. The van der Waals surface area contributed by atoms with E-state index in [-0.39, 0.29) is 11.4 Å². The molecule has 2 rings (SSSR count). The van der Waals surface area contributed by atoms with Crippen LogP contribution in [0.4, 0.5) is 22.7 Å². The predicted octanol–water partition coefficient (Wildman–Crippen LogP) is 5.30. The predicted molar refractivity (Wildman–Crippen MR) is 84.5 cm³/mol. The number of benzene rings is 2.